The van der Waals surface area contributed by atoms with Crippen molar-refractivity contribution in [3.8, 4) is 0 Å². The van der Waals surface area contributed by atoms with E-state index in [0.717, 1.165) is 57.8 Å². The van der Waals surface area contributed by atoms with E-state index in [2.05, 4.69) is 22.2 Å². The van der Waals surface area contributed by atoms with E-state index in [1.807, 2.05) is 4.90 Å². The van der Waals surface area contributed by atoms with Gasteiger partial charge in [0.1, 0.15) is 5.69 Å². The molecule has 2 fully saturated rings. The highest BCUT2D eigenvalue weighted by molar-refractivity contribution is 6.07. The fourth-order valence-electron chi connectivity index (χ4n) is 4.43. The zero-order valence-corrected chi connectivity index (χ0v) is 19.5. The number of esters is 1. The molecule has 0 atom stereocenters. The number of piperazine rings is 1. The first-order valence-corrected chi connectivity index (χ1v) is 11.4. The van der Waals surface area contributed by atoms with Gasteiger partial charge in [0.25, 0.3) is 11.6 Å². The summed E-state index contributed by atoms with van der Waals surface area (Å²) in [4.78, 5) is 42.9. The molecule has 0 spiro atoms. The monoisotopic (exact) mass is 467 g/mol. The predicted molar refractivity (Wildman–Crippen MR) is 130 cm³/mol. The molecule has 2 aromatic carbocycles. The number of methoxy groups -OCH3 is 1. The van der Waals surface area contributed by atoms with Gasteiger partial charge in [-0.3, -0.25) is 14.9 Å². The Kier molecular flexibility index (Phi) is 6.97. The molecule has 1 amide bonds. The van der Waals surface area contributed by atoms with Gasteiger partial charge in [-0.05, 0) is 50.2 Å². The van der Waals surface area contributed by atoms with E-state index in [1.54, 1.807) is 30.3 Å². The van der Waals surface area contributed by atoms with Crippen molar-refractivity contribution in [3.05, 3.63) is 57.6 Å². The van der Waals surface area contributed by atoms with E-state index in [9.17, 15) is 19.7 Å². The van der Waals surface area contributed by atoms with Gasteiger partial charge in [0.2, 0.25) is 0 Å². The number of hydrogen-bond donors (Lipinski definition) is 1. The van der Waals surface area contributed by atoms with E-state index in [1.165, 1.54) is 13.2 Å². The first kappa shape index (κ1) is 23.5. The molecule has 4 rings (SSSR count). The van der Waals surface area contributed by atoms with Crippen molar-refractivity contribution < 1.29 is 19.2 Å². The van der Waals surface area contributed by atoms with E-state index >= 15 is 0 Å². The van der Waals surface area contributed by atoms with E-state index in [-0.39, 0.29) is 11.3 Å². The Balaban J connectivity index is 1.64. The lowest BCUT2D eigenvalue weighted by atomic mass is 10.1. The van der Waals surface area contributed by atoms with Gasteiger partial charge < -0.3 is 24.8 Å². The fraction of sp³-hybridized carbons (Fsp3) is 0.417. The number of nitrogens with one attached hydrogen (secondary N) is 1. The van der Waals surface area contributed by atoms with Crippen LogP contribution < -0.4 is 15.1 Å². The summed E-state index contributed by atoms with van der Waals surface area (Å²) in [7, 11) is 3.36. The second-order valence-corrected chi connectivity index (χ2v) is 8.62. The van der Waals surface area contributed by atoms with Gasteiger partial charge in [0.15, 0.2) is 0 Å². The highest BCUT2D eigenvalue weighted by atomic mass is 16.6. The van der Waals surface area contributed by atoms with Crippen LogP contribution in [0.15, 0.2) is 36.4 Å². The van der Waals surface area contributed by atoms with Gasteiger partial charge in [-0.15, -0.1) is 0 Å². The summed E-state index contributed by atoms with van der Waals surface area (Å²) >= 11 is 0. The molecule has 34 heavy (non-hydrogen) atoms. The Bertz CT molecular complexity index is 1090. The smallest absolute Gasteiger partial charge is 0.337 e. The fourth-order valence-corrected chi connectivity index (χ4v) is 4.43. The quantitative estimate of drug-likeness (QED) is 0.392. The summed E-state index contributed by atoms with van der Waals surface area (Å²) in [5.74, 6) is -0.987. The number of amides is 1. The number of nitro groups is 1. The third-order valence-electron chi connectivity index (χ3n) is 6.39. The number of nitro benzene ring substituents is 1. The van der Waals surface area contributed by atoms with Crippen LogP contribution in [0, 0.1) is 10.1 Å². The molecule has 2 aromatic rings. The van der Waals surface area contributed by atoms with Crippen molar-refractivity contribution in [1.29, 1.82) is 0 Å². The molecule has 0 aliphatic carbocycles. The van der Waals surface area contributed by atoms with Crippen LogP contribution in [-0.4, -0.2) is 75.1 Å². The maximum Gasteiger partial charge on any atom is 0.337 e. The van der Waals surface area contributed by atoms with Crippen molar-refractivity contribution in [2.45, 2.75) is 12.8 Å². The van der Waals surface area contributed by atoms with Crippen LogP contribution in [0.25, 0.3) is 0 Å². The number of carbonyl (C=O) groups is 2. The summed E-state index contributed by atoms with van der Waals surface area (Å²) in [5, 5.41) is 14.6. The van der Waals surface area contributed by atoms with Gasteiger partial charge in [-0.25, -0.2) is 4.79 Å². The van der Waals surface area contributed by atoms with Gasteiger partial charge in [-0.1, -0.05) is 0 Å². The lowest BCUT2D eigenvalue weighted by Crippen LogP contribution is -2.44. The number of hydrogen-bond acceptors (Lipinski definition) is 8. The molecule has 0 unspecified atom stereocenters. The van der Waals surface area contributed by atoms with Crippen LogP contribution in [0.1, 0.15) is 33.6 Å². The molecule has 0 saturated carbocycles. The van der Waals surface area contributed by atoms with Crippen molar-refractivity contribution in [2.24, 2.45) is 0 Å². The first-order valence-electron chi connectivity index (χ1n) is 11.4. The normalized spacial score (nSPS) is 16.4. The summed E-state index contributed by atoms with van der Waals surface area (Å²) < 4.78 is 4.83. The summed E-state index contributed by atoms with van der Waals surface area (Å²) in [6.45, 7) is 4.81. The molecule has 2 aliphatic rings. The Labute approximate surface area is 198 Å². The van der Waals surface area contributed by atoms with Crippen LogP contribution in [0.4, 0.5) is 22.7 Å². The number of anilines is 3. The van der Waals surface area contributed by atoms with Gasteiger partial charge in [0, 0.05) is 50.9 Å². The second-order valence-electron chi connectivity index (χ2n) is 8.62. The Morgan fingerprint density at radius 1 is 0.912 bits per heavy atom. The van der Waals surface area contributed by atoms with Crippen molar-refractivity contribution in [3.63, 3.8) is 0 Å². The third kappa shape index (κ3) is 4.96. The predicted octanol–water partition coefficient (Wildman–Crippen LogP) is 2.99. The number of rotatable bonds is 6. The van der Waals surface area contributed by atoms with Crippen molar-refractivity contribution in [2.75, 3.05) is 68.5 Å². The molecular formula is C24H29N5O5. The average molecular weight is 468 g/mol. The van der Waals surface area contributed by atoms with Gasteiger partial charge >= 0.3 is 5.97 Å². The molecule has 0 radical (unpaired) electrons. The summed E-state index contributed by atoms with van der Waals surface area (Å²) in [5.41, 5.74) is 2.19. The molecule has 10 heteroatoms. The first-order chi connectivity index (χ1) is 16.4. The Morgan fingerprint density at radius 3 is 2.18 bits per heavy atom. The van der Waals surface area contributed by atoms with Crippen LogP contribution >= 0.6 is 0 Å². The third-order valence-corrected chi connectivity index (χ3v) is 6.39. The number of likely N-dealkylation sites (N-methyl/N-ethyl adjacent to an activating group) is 1. The molecular weight excluding hydrogens is 438 g/mol. The highest BCUT2D eigenvalue weighted by Gasteiger charge is 2.25. The minimum Gasteiger partial charge on any atom is -0.465 e. The minimum absolute atomic E-state index is 0.0860. The van der Waals surface area contributed by atoms with E-state index in [4.69, 9.17) is 4.74 Å². The molecule has 180 valence electrons. The van der Waals surface area contributed by atoms with E-state index < -0.39 is 16.8 Å². The maximum atomic E-state index is 13.2. The van der Waals surface area contributed by atoms with Crippen LogP contribution in [0.2, 0.25) is 0 Å². The summed E-state index contributed by atoms with van der Waals surface area (Å²) in [6.07, 6.45) is 1.98. The molecule has 2 heterocycles. The van der Waals surface area contributed by atoms with Crippen LogP contribution in [0.5, 0.6) is 0 Å². The SMILES string of the molecule is COC(=O)c1ccc(N2CCN(C)CC2)c(NC(=O)c2ccc(N3CCCC3)c([N+](=O)[O-])c2)c1. The largest absolute Gasteiger partial charge is 0.465 e. The molecule has 2 saturated heterocycles. The molecule has 2 aliphatic heterocycles. The standard InChI is InChI=1S/C24H29N5O5/c1-26-11-13-28(14-12-26)20-7-6-18(24(31)34-2)15-19(20)25-23(30)17-5-8-21(22(16-17)29(32)33)27-9-3-4-10-27/h5-8,15-16H,3-4,9-14H2,1-2H3,(H,25,30). The zero-order valence-electron chi connectivity index (χ0n) is 19.5. The van der Waals surface area contributed by atoms with Crippen LogP contribution in [-0.2, 0) is 4.74 Å². The van der Waals surface area contributed by atoms with Gasteiger partial charge in [0.05, 0.1) is 29.0 Å². The minimum atomic E-state index is -0.508. The Morgan fingerprint density at radius 2 is 1.53 bits per heavy atom. The summed E-state index contributed by atoms with van der Waals surface area (Å²) in [6, 6.07) is 9.63. The number of carbonyl (C=O) groups excluding carboxylic acids is 2. The van der Waals surface area contributed by atoms with Crippen molar-refractivity contribution >= 4 is 34.6 Å². The number of benzene rings is 2. The van der Waals surface area contributed by atoms with Crippen LogP contribution in [0.3, 0.4) is 0 Å². The zero-order chi connectivity index (χ0) is 24.2. The number of ether oxygens (including phenoxy) is 1. The maximum absolute atomic E-state index is 13.2. The lowest BCUT2D eigenvalue weighted by molar-refractivity contribution is -0.384. The topological polar surface area (TPSA) is 108 Å². The Hall–Kier alpha value is -3.66. The highest BCUT2D eigenvalue weighted by Crippen LogP contribution is 2.33. The van der Waals surface area contributed by atoms with E-state index in [0.29, 0.717) is 16.9 Å². The lowest BCUT2D eigenvalue weighted by Gasteiger charge is -2.35. The van der Waals surface area contributed by atoms with Crippen molar-refractivity contribution in [1.82, 2.24) is 4.90 Å². The molecule has 1 N–H and O–H groups in total. The van der Waals surface area contributed by atoms with Gasteiger partial charge in [-0.2, -0.15) is 0 Å². The average Bonchev–Trinajstić information content (AvgIpc) is 3.38. The molecule has 0 aromatic heterocycles. The second kappa shape index (κ2) is 10.1. The number of nitrogens with zero attached hydrogens (tertiary/aromatic N) is 4. The molecule has 10 nitrogen and oxygen atoms in total. The molecule has 0 bridgehead atoms.